The summed E-state index contributed by atoms with van der Waals surface area (Å²) < 4.78 is 0. The maximum absolute atomic E-state index is 12.1. The number of para-hydroxylation sites is 1. The molecular formula is C14H17N3O3. The van der Waals surface area contributed by atoms with E-state index in [1.165, 1.54) is 12.1 Å². The fourth-order valence-electron chi connectivity index (χ4n) is 2.00. The van der Waals surface area contributed by atoms with E-state index in [2.05, 4.69) is 10.4 Å². The highest BCUT2D eigenvalue weighted by Gasteiger charge is 2.22. The van der Waals surface area contributed by atoms with Gasteiger partial charge in [0.1, 0.15) is 5.71 Å². The molecule has 1 heterocycles. The van der Waals surface area contributed by atoms with Gasteiger partial charge >= 0.3 is 0 Å². The molecule has 0 saturated heterocycles. The summed E-state index contributed by atoms with van der Waals surface area (Å²) >= 11 is 0. The van der Waals surface area contributed by atoms with Crippen molar-refractivity contribution in [2.45, 2.75) is 25.9 Å². The summed E-state index contributed by atoms with van der Waals surface area (Å²) in [5, 5.41) is 17.5. The molecule has 1 aliphatic heterocycles. The van der Waals surface area contributed by atoms with Crippen molar-refractivity contribution in [2.75, 3.05) is 12.4 Å². The second kappa shape index (κ2) is 5.83. The Morgan fingerprint density at radius 1 is 1.40 bits per heavy atom. The lowest BCUT2D eigenvalue weighted by atomic mass is 10.1. The largest absolute Gasteiger partial charge is 0.389 e. The van der Waals surface area contributed by atoms with Crippen LogP contribution in [0.15, 0.2) is 29.4 Å². The summed E-state index contributed by atoms with van der Waals surface area (Å²) in [6.45, 7) is 1.63. The van der Waals surface area contributed by atoms with Crippen LogP contribution in [0.2, 0.25) is 0 Å². The normalized spacial score (nSPS) is 16.6. The zero-order valence-electron chi connectivity index (χ0n) is 11.5. The number of hydrogen-bond donors (Lipinski definition) is 2. The molecule has 0 spiro atoms. The summed E-state index contributed by atoms with van der Waals surface area (Å²) in [5.74, 6) is -0.455. The van der Waals surface area contributed by atoms with Gasteiger partial charge in [0.2, 0.25) is 5.91 Å². The molecule has 0 aliphatic carbocycles. The van der Waals surface area contributed by atoms with Crippen LogP contribution in [0, 0.1) is 0 Å². The molecule has 2 rings (SSSR count). The molecule has 1 aromatic carbocycles. The van der Waals surface area contributed by atoms with Gasteiger partial charge in [0, 0.05) is 31.1 Å². The molecule has 2 N–H and O–H groups in total. The molecule has 1 aromatic rings. The van der Waals surface area contributed by atoms with Crippen LogP contribution in [0.25, 0.3) is 0 Å². The Labute approximate surface area is 117 Å². The van der Waals surface area contributed by atoms with E-state index in [1.54, 1.807) is 31.2 Å². The number of nitrogens with zero attached hydrogens (tertiary/aromatic N) is 2. The van der Waals surface area contributed by atoms with Crippen molar-refractivity contribution in [3.05, 3.63) is 29.8 Å². The lowest BCUT2D eigenvalue weighted by Gasteiger charge is -2.19. The Kier molecular flexibility index (Phi) is 4.14. The van der Waals surface area contributed by atoms with Gasteiger partial charge in [-0.1, -0.05) is 18.2 Å². The number of anilines is 1. The summed E-state index contributed by atoms with van der Waals surface area (Å²) in [4.78, 5) is 23.5. The Balaban J connectivity index is 2.17. The molecule has 1 unspecified atom stereocenters. The number of nitrogens with one attached hydrogen (secondary N) is 1. The average Bonchev–Trinajstić information content (AvgIpc) is 2.42. The molecular weight excluding hydrogens is 258 g/mol. The first-order chi connectivity index (χ1) is 9.49. The second-order valence-corrected chi connectivity index (χ2v) is 4.68. The van der Waals surface area contributed by atoms with Crippen molar-refractivity contribution in [3.8, 4) is 0 Å². The first-order valence-corrected chi connectivity index (χ1v) is 6.41. The van der Waals surface area contributed by atoms with Crippen LogP contribution in [0.3, 0.4) is 0 Å². The maximum atomic E-state index is 12.1. The number of aliphatic hydroxyl groups is 1. The fourth-order valence-corrected chi connectivity index (χ4v) is 2.00. The zero-order valence-corrected chi connectivity index (χ0v) is 11.5. The molecule has 0 radical (unpaired) electrons. The van der Waals surface area contributed by atoms with Gasteiger partial charge in [-0.3, -0.25) is 9.59 Å². The monoisotopic (exact) mass is 275 g/mol. The summed E-state index contributed by atoms with van der Waals surface area (Å²) in [6.07, 6.45) is -0.0730. The lowest BCUT2D eigenvalue weighted by Crippen LogP contribution is -2.34. The second-order valence-electron chi connectivity index (χ2n) is 4.68. The Morgan fingerprint density at radius 2 is 2.10 bits per heavy atom. The molecule has 6 nitrogen and oxygen atoms in total. The van der Waals surface area contributed by atoms with E-state index >= 15 is 0 Å². The number of carbonyl (C=O) groups excluding carboxylic acids is 2. The third-order valence-corrected chi connectivity index (χ3v) is 3.13. The smallest absolute Gasteiger partial charge is 0.271 e. The molecule has 1 atom stereocenters. The molecule has 1 aliphatic rings. The summed E-state index contributed by atoms with van der Waals surface area (Å²) in [6, 6.07) is 7.04. The highest BCUT2D eigenvalue weighted by Crippen LogP contribution is 2.22. The molecule has 0 bridgehead atoms. The SMILES string of the molecule is CC(O)c1ccccc1NC(=O)C1=NN(C)C(=O)CC1. The molecule has 106 valence electrons. The third kappa shape index (κ3) is 3.03. The standard InChI is InChI=1S/C14H17N3O3/c1-9(18)10-5-3-4-6-11(10)15-14(20)12-7-8-13(19)17(2)16-12/h3-6,9,18H,7-8H2,1-2H3,(H,15,20). The van der Waals surface area contributed by atoms with Crippen LogP contribution >= 0.6 is 0 Å². The quantitative estimate of drug-likeness (QED) is 0.872. The van der Waals surface area contributed by atoms with Crippen LogP contribution in [-0.2, 0) is 9.59 Å². The molecule has 0 saturated carbocycles. The minimum atomic E-state index is -0.677. The number of hydrogen-bond acceptors (Lipinski definition) is 4. The molecule has 0 aromatic heterocycles. The zero-order chi connectivity index (χ0) is 14.7. The third-order valence-electron chi connectivity index (χ3n) is 3.13. The van der Waals surface area contributed by atoms with Gasteiger partial charge < -0.3 is 10.4 Å². The van der Waals surface area contributed by atoms with Crippen molar-refractivity contribution in [2.24, 2.45) is 5.10 Å². The van der Waals surface area contributed by atoms with Crippen molar-refractivity contribution in [1.29, 1.82) is 0 Å². The lowest BCUT2D eigenvalue weighted by molar-refractivity contribution is -0.130. The summed E-state index contributed by atoms with van der Waals surface area (Å²) in [5.41, 5.74) is 1.50. The van der Waals surface area contributed by atoms with Crippen LogP contribution in [0.1, 0.15) is 31.4 Å². The van der Waals surface area contributed by atoms with E-state index in [4.69, 9.17) is 0 Å². The minimum absolute atomic E-state index is 0.106. The van der Waals surface area contributed by atoms with Gasteiger partial charge in [-0.2, -0.15) is 5.10 Å². The number of hydrazone groups is 1. The maximum Gasteiger partial charge on any atom is 0.271 e. The van der Waals surface area contributed by atoms with Gasteiger partial charge in [0.05, 0.1) is 6.10 Å². The number of amides is 2. The number of benzene rings is 1. The predicted molar refractivity (Wildman–Crippen MR) is 75.1 cm³/mol. The van der Waals surface area contributed by atoms with E-state index in [-0.39, 0.29) is 18.2 Å². The van der Waals surface area contributed by atoms with Crippen molar-refractivity contribution >= 4 is 23.2 Å². The van der Waals surface area contributed by atoms with E-state index in [1.807, 2.05) is 0 Å². The first-order valence-electron chi connectivity index (χ1n) is 6.41. The average molecular weight is 275 g/mol. The first kappa shape index (κ1) is 14.2. The molecule has 6 heteroatoms. The highest BCUT2D eigenvalue weighted by molar-refractivity contribution is 6.43. The van der Waals surface area contributed by atoms with Gasteiger partial charge in [-0.15, -0.1) is 0 Å². The number of aliphatic hydroxyl groups excluding tert-OH is 1. The molecule has 0 fully saturated rings. The van der Waals surface area contributed by atoms with Crippen LogP contribution in [0.5, 0.6) is 0 Å². The Bertz CT molecular complexity index is 567. The van der Waals surface area contributed by atoms with Gasteiger partial charge in [0.15, 0.2) is 0 Å². The molecule has 20 heavy (non-hydrogen) atoms. The number of carbonyl (C=O) groups is 2. The Hall–Kier alpha value is -2.21. The van der Waals surface area contributed by atoms with E-state index in [0.29, 0.717) is 23.4 Å². The van der Waals surface area contributed by atoms with Crippen LogP contribution in [-0.4, -0.2) is 34.7 Å². The fraction of sp³-hybridized carbons (Fsp3) is 0.357. The van der Waals surface area contributed by atoms with E-state index in [9.17, 15) is 14.7 Å². The van der Waals surface area contributed by atoms with E-state index in [0.717, 1.165) is 0 Å². The van der Waals surface area contributed by atoms with Crippen LogP contribution < -0.4 is 5.32 Å². The molecule has 2 amide bonds. The predicted octanol–water partition coefficient (Wildman–Crippen LogP) is 1.29. The topological polar surface area (TPSA) is 82.0 Å². The summed E-state index contributed by atoms with van der Waals surface area (Å²) in [7, 11) is 1.53. The van der Waals surface area contributed by atoms with Crippen molar-refractivity contribution < 1.29 is 14.7 Å². The van der Waals surface area contributed by atoms with Gasteiger partial charge in [-0.25, -0.2) is 5.01 Å². The van der Waals surface area contributed by atoms with Gasteiger partial charge in [0.25, 0.3) is 5.91 Å². The van der Waals surface area contributed by atoms with Crippen molar-refractivity contribution in [3.63, 3.8) is 0 Å². The Morgan fingerprint density at radius 3 is 2.75 bits per heavy atom. The minimum Gasteiger partial charge on any atom is -0.389 e. The number of rotatable bonds is 3. The highest BCUT2D eigenvalue weighted by atomic mass is 16.3. The van der Waals surface area contributed by atoms with Gasteiger partial charge in [-0.05, 0) is 13.0 Å². The van der Waals surface area contributed by atoms with E-state index < -0.39 is 6.10 Å². The van der Waals surface area contributed by atoms with Crippen molar-refractivity contribution in [1.82, 2.24) is 5.01 Å². The van der Waals surface area contributed by atoms with Crippen LogP contribution in [0.4, 0.5) is 5.69 Å².